The smallest absolute Gasteiger partial charge is 0.165 e. The molecule has 6 atom stereocenters. The zero-order valence-electron chi connectivity index (χ0n) is 14.5. The number of hydrogen-bond acceptors (Lipinski definition) is 5. The number of methoxy groups -OCH3 is 2. The molecule has 0 radical (unpaired) electrons. The summed E-state index contributed by atoms with van der Waals surface area (Å²) in [5.74, 6) is 2.11. The molecule has 5 rings (SSSR count). The Hall–Kier alpha value is -1.30. The van der Waals surface area contributed by atoms with E-state index in [4.69, 9.17) is 14.2 Å². The van der Waals surface area contributed by atoms with Crippen LogP contribution in [0.4, 0.5) is 0 Å². The highest BCUT2D eigenvalue weighted by molar-refractivity contribution is 5.61. The molecule has 1 aromatic carbocycles. The van der Waals surface area contributed by atoms with Gasteiger partial charge in [-0.1, -0.05) is 6.07 Å². The quantitative estimate of drug-likeness (QED) is 0.887. The topological polar surface area (TPSA) is 51.2 Å². The summed E-state index contributed by atoms with van der Waals surface area (Å²) in [6.07, 6.45) is 1.96. The van der Waals surface area contributed by atoms with Crippen molar-refractivity contribution in [3.63, 3.8) is 0 Å². The van der Waals surface area contributed by atoms with E-state index >= 15 is 0 Å². The Labute approximate surface area is 142 Å². The number of likely N-dealkylation sites (N-methyl/N-ethyl adjacent to an activating group) is 1. The van der Waals surface area contributed by atoms with Gasteiger partial charge in [-0.2, -0.15) is 0 Å². The first-order valence-electron chi connectivity index (χ1n) is 8.90. The summed E-state index contributed by atoms with van der Waals surface area (Å²) in [5, 5.41) is 11.0. The zero-order chi connectivity index (χ0) is 16.6. The Morgan fingerprint density at radius 1 is 1.33 bits per heavy atom. The van der Waals surface area contributed by atoms with Crippen LogP contribution in [-0.4, -0.2) is 62.2 Å². The number of aliphatic hydroxyl groups excluding tert-OH is 1. The molecule has 4 aliphatic rings. The number of piperidine rings is 1. The normalized spacial score (nSPS) is 42.4. The van der Waals surface area contributed by atoms with Crippen LogP contribution in [0.1, 0.15) is 24.0 Å². The highest BCUT2D eigenvalue weighted by Crippen LogP contribution is 2.63. The van der Waals surface area contributed by atoms with Crippen LogP contribution in [0.25, 0.3) is 0 Å². The van der Waals surface area contributed by atoms with Gasteiger partial charge in [-0.15, -0.1) is 0 Å². The van der Waals surface area contributed by atoms with E-state index < -0.39 is 6.10 Å². The van der Waals surface area contributed by atoms with Gasteiger partial charge < -0.3 is 24.2 Å². The van der Waals surface area contributed by atoms with Crippen molar-refractivity contribution in [2.75, 3.05) is 27.8 Å². The summed E-state index contributed by atoms with van der Waals surface area (Å²) in [6, 6.07) is 4.70. The first-order chi connectivity index (χ1) is 11.6. The Bertz CT molecular complexity index is 692. The fraction of sp³-hybridized carbons (Fsp3) is 0.684. The Balaban J connectivity index is 1.76. The molecule has 2 bridgehead atoms. The standard InChI is InChI=1S/C19H25NO4/c1-20-7-6-19-11-9-14(23-3)16(21)18(19)24-17-13(22-2)5-4-10(15(17)19)8-12(11)20/h4-5,11-12,14,16,18,21H,6-9H2,1-3H3. The van der Waals surface area contributed by atoms with Crippen LogP contribution >= 0.6 is 0 Å². The van der Waals surface area contributed by atoms with Crippen LogP contribution in [0.3, 0.4) is 0 Å². The van der Waals surface area contributed by atoms with Crippen LogP contribution in [0.2, 0.25) is 0 Å². The molecule has 2 aliphatic carbocycles. The lowest BCUT2D eigenvalue weighted by Gasteiger charge is -2.59. The maximum Gasteiger partial charge on any atom is 0.165 e. The number of rotatable bonds is 2. The second kappa shape index (κ2) is 4.87. The minimum absolute atomic E-state index is 0.0942. The van der Waals surface area contributed by atoms with E-state index in [-0.39, 0.29) is 17.6 Å². The maximum atomic E-state index is 11.0. The van der Waals surface area contributed by atoms with Gasteiger partial charge in [-0.3, -0.25) is 0 Å². The zero-order valence-corrected chi connectivity index (χ0v) is 14.5. The number of nitrogens with zero attached hydrogens (tertiary/aromatic N) is 1. The van der Waals surface area contributed by atoms with Gasteiger partial charge in [0.2, 0.25) is 0 Å². The van der Waals surface area contributed by atoms with E-state index in [0.29, 0.717) is 12.0 Å². The highest BCUT2D eigenvalue weighted by atomic mass is 16.5. The van der Waals surface area contributed by atoms with Crippen molar-refractivity contribution in [1.82, 2.24) is 4.90 Å². The SMILES string of the molecule is COc1ccc2c3c1OC1C(O)C(OC)CC4C(C2)N(C)CCC341. The first-order valence-corrected chi connectivity index (χ1v) is 8.90. The van der Waals surface area contributed by atoms with E-state index in [1.807, 2.05) is 6.07 Å². The van der Waals surface area contributed by atoms with E-state index in [0.717, 1.165) is 37.3 Å². The Morgan fingerprint density at radius 3 is 2.92 bits per heavy atom. The lowest BCUT2D eigenvalue weighted by atomic mass is 9.51. The molecule has 1 aromatic rings. The molecule has 5 heteroatoms. The highest BCUT2D eigenvalue weighted by Gasteiger charge is 2.67. The molecule has 0 aromatic heterocycles. The molecule has 1 saturated carbocycles. The summed E-state index contributed by atoms with van der Waals surface area (Å²) in [6.45, 7) is 1.04. The maximum absolute atomic E-state index is 11.0. The number of ether oxygens (including phenoxy) is 3. The van der Waals surface area contributed by atoms with Crippen molar-refractivity contribution < 1.29 is 19.3 Å². The average molecular weight is 331 g/mol. The molecule has 1 spiro atoms. The van der Waals surface area contributed by atoms with Crippen molar-refractivity contribution in [3.05, 3.63) is 23.3 Å². The third kappa shape index (κ3) is 1.56. The van der Waals surface area contributed by atoms with Gasteiger partial charge in [-0.25, -0.2) is 0 Å². The number of benzene rings is 1. The fourth-order valence-corrected chi connectivity index (χ4v) is 6.05. The molecule has 0 amide bonds. The van der Waals surface area contributed by atoms with Gasteiger partial charge in [0.15, 0.2) is 11.5 Å². The third-order valence-electron chi connectivity index (χ3n) is 7.13. The van der Waals surface area contributed by atoms with Gasteiger partial charge in [0.25, 0.3) is 0 Å². The van der Waals surface area contributed by atoms with Gasteiger partial charge >= 0.3 is 0 Å². The second-order valence-corrected chi connectivity index (χ2v) is 7.82. The average Bonchev–Trinajstić information content (AvgIpc) is 2.94. The molecule has 6 unspecified atom stereocenters. The molecule has 130 valence electrons. The molecular weight excluding hydrogens is 306 g/mol. The van der Waals surface area contributed by atoms with Crippen LogP contribution in [0.15, 0.2) is 12.1 Å². The number of likely N-dealkylation sites (tertiary alicyclic amines) is 1. The van der Waals surface area contributed by atoms with Gasteiger partial charge in [-0.05, 0) is 50.4 Å². The molecule has 2 heterocycles. The second-order valence-electron chi connectivity index (χ2n) is 7.82. The van der Waals surface area contributed by atoms with Gasteiger partial charge in [0.1, 0.15) is 12.2 Å². The van der Waals surface area contributed by atoms with E-state index in [9.17, 15) is 5.11 Å². The monoisotopic (exact) mass is 331 g/mol. The van der Waals surface area contributed by atoms with E-state index in [1.165, 1.54) is 11.1 Å². The summed E-state index contributed by atoms with van der Waals surface area (Å²) in [7, 11) is 5.61. The molecular formula is C19H25NO4. The molecule has 2 fully saturated rings. The predicted octanol–water partition coefficient (Wildman–Crippen LogP) is 1.35. The summed E-state index contributed by atoms with van der Waals surface area (Å²) >= 11 is 0. The molecule has 5 nitrogen and oxygen atoms in total. The summed E-state index contributed by atoms with van der Waals surface area (Å²) in [5.41, 5.74) is 2.59. The predicted molar refractivity (Wildman–Crippen MR) is 88.7 cm³/mol. The van der Waals surface area contributed by atoms with Gasteiger partial charge in [0, 0.05) is 24.1 Å². The van der Waals surface area contributed by atoms with Crippen molar-refractivity contribution in [3.8, 4) is 11.5 Å². The minimum Gasteiger partial charge on any atom is -0.493 e. The van der Waals surface area contributed by atoms with Crippen molar-refractivity contribution in [2.24, 2.45) is 5.92 Å². The summed E-state index contributed by atoms with van der Waals surface area (Å²) < 4.78 is 17.6. The van der Waals surface area contributed by atoms with Crippen LogP contribution < -0.4 is 9.47 Å². The lowest BCUT2D eigenvalue weighted by molar-refractivity contribution is -0.159. The number of aliphatic hydroxyl groups is 1. The minimum atomic E-state index is -0.599. The Morgan fingerprint density at radius 2 is 2.17 bits per heavy atom. The summed E-state index contributed by atoms with van der Waals surface area (Å²) in [4.78, 5) is 2.49. The first kappa shape index (κ1) is 15.0. The largest absolute Gasteiger partial charge is 0.493 e. The van der Waals surface area contributed by atoms with Crippen LogP contribution in [-0.2, 0) is 16.6 Å². The van der Waals surface area contributed by atoms with Gasteiger partial charge in [0.05, 0.1) is 13.2 Å². The molecule has 24 heavy (non-hydrogen) atoms. The molecule has 1 saturated heterocycles. The molecule has 2 aliphatic heterocycles. The lowest BCUT2D eigenvalue weighted by Crippen LogP contribution is -2.69. The van der Waals surface area contributed by atoms with Crippen molar-refractivity contribution in [1.29, 1.82) is 0 Å². The van der Waals surface area contributed by atoms with Crippen molar-refractivity contribution >= 4 is 0 Å². The fourth-order valence-electron chi connectivity index (χ4n) is 6.05. The molecule has 1 N–H and O–H groups in total. The Kier molecular flexibility index (Phi) is 3.04. The van der Waals surface area contributed by atoms with Crippen LogP contribution in [0.5, 0.6) is 11.5 Å². The van der Waals surface area contributed by atoms with Crippen molar-refractivity contribution in [2.45, 2.75) is 49.0 Å². The van der Waals surface area contributed by atoms with Crippen LogP contribution in [0, 0.1) is 5.92 Å². The van der Waals surface area contributed by atoms with E-state index in [1.54, 1.807) is 14.2 Å². The van der Waals surface area contributed by atoms with E-state index in [2.05, 4.69) is 18.0 Å². The third-order valence-corrected chi connectivity index (χ3v) is 7.13. The number of hydrogen-bond donors (Lipinski definition) is 1.